The van der Waals surface area contributed by atoms with E-state index in [4.69, 9.17) is 21.1 Å². The first-order chi connectivity index (χ1) is 24.9. The molecule has 3 fully saturated rings. The van der Waals surface area contributed by atoms with Crippen LogP contribution in [0.15, 0.2) is 73.8 Å². The Morgan fingerprint density at radius 3 is 2.50 bits per heavy atom. The summed E-state index contributed by atoms with van der Waals surface area (Å²) in [4.78, 5) is 60.0. The largest absolute Gasteiger partial charge is 0.455 e. The summed E-state index contributed by atoms with van der Waals surface area (Å²) in [5, 5.41) is 14.1. The van der Waals surface area contributed by atoms with Crippen LogP contribution in [-0.4, -0.2) is 81.5 Å². The lowest BCUT2D eigenvalue weighted by Gasteiger charge is -2.41. The number of aliphatic hydroxyl groups excluding tert-OH is 1. The second-order valence-electron chi connectivity index (χ2n) is 14.1. The van der Waals surface area contributed by atoms with E-state index in [9.17, 15) is 19.5 Å². The number of rotatable bonds is 16. The van der Waals surface area contributed by atoms with Gasteiger partial charge in [0.1, 0.15) is 17.7 Å². The summed E-state index contributed by atoms with van der Waals surface area (Å²) in [6, 6.07) is 11.9. The standard InChI is InChI=1S/C40H49BrClN3O7/c1-7-10-19-30(47)43-25(6)34(26-16-12-11-13-17-26)51-39(50)31-32-37(48)45(29(22-46)23(4)9-3)36(40(32)21-27(41)35(31)52-40)38(49)44(20-8-2)33-24(5)15-14-18-28(33)42/h7-8,11-18,23,25,27,29,31-32,34-36,46H,1-2,9-10,19-22H2,3-6H3,(H,43,47)/t23-,25+,27?,29-,31-,32+,34+,35-,36-,40+/m0/s1. The molecule has 2 bridgehead atoms. The molecule has 0 aromatic heterocycles. The summed E-state index contributed by atoms with van der Waals surface area (Å²) in [5.41, 5.74) is 0.488. The third-order valence-corrected chi connectivity index (χ3v) is 12.1. The number of para-hydroxylation sites is 1. The molecule has 0 saturated carbocycles. The summed E-state index contributed by atoms with van der Waals surface area (Å²) >= 11 is 10.5. The Morgan fingerprint density at radius 2 is 1.88 bits per heavy atom. The molecular formula is C40H49BrClN3O7. The molecular weight excluding hydrogens is 750 g/mol. The first-order valence-corrected chi connectivity index (χ1v) is 19.2. The highest BCUT2D eigenvalue weighted by molar-refractivity contribution is 9.09. The number of allylic oxidation sites excluding steroid dienone is 1. The molecule has 10 nitrogen and oxygen atoms in total. The Bertz CT molecular complexity index is 1660. The number of hydrogen-bond donors (Lipinski definition) is 2. The van der Waals surface area contributed by atoms with Gasteiger partial charge in [-0.2, -0.15) is 0 Å². The molecule has 2 aromatic carbocycles. The van der Waals surface area contributed by atoms with E-state index in [2.05, 4.69) is 34.4 Å². The van der Waals surface area contributed by atoms with Gasteiger partial charge < -0.3 is 29.7 Å². The minimum Gasteiger partial charge on any atom is -0.455 e. The predicted molar refractivity (Wildman–Crippen MR) is 204 cm³/mol. The second-order valence-corrected chi connectivity index (χ2v) is 15.7. The van der Waals surface area contributed by atoms with Gasteiger partial charge in [0.25, 0.3) is 5.91 Å². The fraction of sp³-hybridized carbons (Fsp3) is 0.500. The van der Waals surface area contributed by atoms with E-state index in [1.165, 1.54) is 9.80 Å². The summed E-state index contributed by atoms with van der Waals surface area (Å²) in [7, 11) is 0. The number of likely N-dealkylation sites (tertiary alicyclic amines) is 1. The number of nitrogens with zero attached hydrogens (tertiary/aromatic N) is 2. The molecule has 3 saturated heterocycles. The van der Waals surface area contributed by atoms with Crippen molar-refractivity contribution in [2.24, 2.45) is 17.8 Å². The van der Waals surface area contributed by atoms with E-state index in [0.29, 0.717) is 29.1 Å². The van der Waals surface area contributed by atoms with Gasteiger partial charge in [0.2, 0.25) is 11.8 Å². The molecule has 2 N–H and O–H groups in total. The quantitative estimate of drug-likeness (QED) is 0.120. The number of esters is 1. The van der Waals surface area contributed by atoms with Crippen LogP contribution in [0.5, 0.6) is 0 Å². The number of halogens is 2. The summed E-state index contributed by atoms with van der Waals surface area (Å²) < 4.78 is 13.1. The minimum atomic E-state index is -1.42. The third-order valence-electron chi connectivity index (χ3n) is 10.9. The maximum atomic E-state index is 15.2. The van der Waals surface area contributed by atoms with Gasteiger partial charge in [-0.1, -0.05) is 102 Å². The van der Waals surface area contributed by atoms with Crippen molar-refractivity contribution in [2.75, 3.05) is 18.1 Å². The number of aryl methyl sites for hydroxylation is 1. The second kappa shape index (κ2) is 16.7. The first kappa shape index (κ1) is 39.7. The van der Waals surface area contributed by atoms with Gasteiger partial charge in [0.05, 0.1) is 47.3 Å². The normalized spacial score (nSPS) is 26.9. The van der Waals surface area contributed by atoms with Crippen LogP contribution in [0.1, 0.15) is 63.7 Å². The highest BCUT2D eigenvalue weighted by Gasteiger charge is 2.78. The van der Waals surface area contributed by atoms with Crippen molar-refractivity contribution in [2.45, 2.75) is 94.1 Å². The molecule has 10 atom stereocenters. The molecule has 3 aliphatic rings. The fourth-order valence-electron chi connectivity index (χ4n) is 8.26. The molecule has 3 amide bonds. The van der Waals surface area contributed by atoms with E-state index in [1.807, 2.05) is 57.2 Å². The van der Waals surface area contributed by atoms with E-state index < -0.39 is 72.2 Å². The molecule has 3 aliphatic heterocycles. The lowest BCUT2D eigenvalue weighted by atomic mass is 9.70. The molecule has 5 rings (SSSR count). The number of carbonyl (C=O) groups excluding carboxylic acids is 4. The zero-order valence-corrected chi connectivity index (χ0v) is 32.5. The lowest BCUT2D eigenvalue weighted by Crippen LogP contribution is -2.60. The third kappa shape index (κ3) is 7.21. The predicted octanol–water partition coefficient (Wildman–Crippen LogP) is 6.08. The average molecular weight is 799 g/mol. The van der Waals surface area contributed by atoms with Crippen molar-refractivity contribution < 1.29 is 33.8 Å². The molecule has 1 unspecified atom stereocenters. The number of hydrogen-bond acceptors (Lipinski definition) is 7. The SMILES string of the molecule is C=CCCC(=O)N[C@H](C)[C@@H](OC(=O)[C@@H]1[C@H]2O[C@@]3(CC2Br)[C@H](C(=O)N(CC=C)c2c(C)cccc2Cl)N([C@@H](CO)[C@@H](C)CC)C(=O)[C@@H]13)c1ccccc1. The smallest absolute Gasteiger partial charge is 0.313 e. The fourth-order valence-corrected chi connectivity index (χ4v) is 9.53. The van der Waals surface area contributed by atoms with Gasteiger partial charge in [-0.15, -0.1) is 13.2 Å². The van der Waals surface area contributed by atoms with Gasteiger partial charge >= 0.3 is 5.97 Å². The maximum absolute atomic E-state index is 15.2. The molecule has 12 heteroatoms. The number of carbonyl (C=O) groups is 4. The van der Waals surface area contributed by atoms with Crippen LogP contribution in [0.4, 0.5) is 5.69 Å². The molecule has 280 valence electrons. The molecule has 52 heavy (non-hydrogen) atoms. The Labute approximate surface area is 319 Å². The van der Waals surface area contributed by atoms with Gasteiger partial charge in [0.15, 0.2) is 0 Å². The van der Waals surface area contributed by atoms with Crippen molar-refractivity contribution in [3.63, 3.8) is 0 Å². The number of anilines is 1. The number of ether oxygens (including phenoxy) is 2. The first-order valence-electron chi connectivity index (χ1n) is 17.9. The zero-order chi connectivity index (χ0) is 37.9. The van der Waals surface area contributed by atoms with Crippen LogP contribution >= 0.6 is 27.5 Å². The van der Waals surface area contributed by atoms with Crippen LogP contribution in [-0.2, 0) is 28.7 Å². The zero-order valence-electron chi connectivity index (χ0n) is 30.2. The number of nitrogens with one attached hydrogen (secondary N) is 1. The van der Waals surface area contributed by atoms with Crippen LogP contribution in [0.2, 0.25) is 5.02 Å². The van der Waals surface area contributed by atoms with Gasteiger partial charge in [-0.05, 0) is 49.8 Å². The molecule has 0 aliphatic carbocycles. The van der Waals surface area contributed by atoms with Crippen LogP contribution in [0, 0.1) is 24.7 Å². The topological polar surface area (TPSA) is 125 Å². The number of fused-ring (bicyclic) bond motifs is 1. The Balaban J connectivity index is 1.58. The summed E-state index contributed by atoms with van der Waals surface area (Å²) in [6.45, 7) is 14.8. The molecule has 0 radical (unpaired) electrons. The number of aliphatic hydroxyl groups is 1. The Kier molecular flexibility index (Phi) is 12.7. The van der Waals surface area contributed by atoms with E-state index in [0.717, 1.165) is 5.56 Å². The average Bonchev–Trinajstić information content (AvgIpc) is 3.72. The lowest BCUT2D eigenvalue weighted by molar-refractivity contribution is -0.162. The van der Waals surface area contributed by atoms with E-state index in [-0.39, 0.29) is 36.0 Å². The highest BCUT2D eigenvalue weighted by atomic mass is 79.9. The van der Waals surface area contributed by atoms with Crippen molar-refractivity contribution in [1.82, 2.24) is 10.2 Å². The van der Waals surface area contributed by atoms with E-state index in [1.54, 1.807) is 31.2 Å². The van der Waals surface area contributed by atoms with Crippen LogP contribution < -0.4 is 10.2 Å². The monoisotopic (exact) mass is 797 g/mol. The maximum Gasteiger partial charge on any atom is 0.313 e. The number of amides is 3. The number of alkyl halides is 1. The Morgan fingerprint density at radius 1 is 1.17 bits per heavy atom. The van der Waals surface area contributed by atoms with E-state index >= 15 is 4.79 Å². The minimum absolute atomic E-state index is 0.0949. The van der Waals surface area contributed by atoms with Crippen molar-refractivity contribution >= 4 is 56.9 Å². The van der Waals surface area contributed by atoms with Crippen LogP contribution in [0.25, 0.3) is 0 Å². The van der Waals surface area contributed by atoms with Gasteiger partial charge in [-0.25, -0.2) is 0 Å². The summed E-state index contributed by atoms with van der Waals surface area (Å²) in [6.07, 6.45) is 3.22. The van der Waals surface area contributed by atoms with Crippen LogP contribution in [0.3, 0.4) is 0 Å². The van der Waals surface area contributed by atoms with Gasteiger partial charge in [-0.3, -0.25) is 19.2 Å². The van der Waals surface area contributed by atoms with Crippen molar-refractivity contribution in [3.8, 4) is 0 Å². The Hall–Kier alpha value is -3.51. The molecule has 3 heterocycles. The highest BCUT2D eigenvalue weighted by Crippen LogP contribution is 2.61. The molecule has 1 spiro atoms. The van der Waals surface area contributed by atoms with Crippen molar-refractivity contribution in [1.29, 1.82) is 0 Å². The molecule has 2 aromatic rings. The number of benzene rings is 2. The van der Waals surface area contributed by atoms with Gasteiger partial charge in [0, 0.05) is 17.8 Å². The van der Waals surface area contributed by atoms with Crippen molar-refractivity contribution in [3.05, 3.63) is 90.0 Å². The summed E-state index contributed by atoms with van der Waals surface area (Å²) in [5.74, 6) is -4.11.